The van der Waals surface area contributed by atoms with Crippen LogP contribution in [0.2, 0.25) is 10.0 Å². The van der Waals surface area contributed by atoms with Crippen molar-refractivity contribution in [2.24, 2.45) is 5.92 Å². The van der Waals surface area contributed by atoms with Gasteiger partial charge in [0.15, 0.2) is 5.78 Å². The van der Waals surface area contributed by atoms with Crippen molar-refractivity contribution in [3.63, 3.8) is 0 Å². The number of ketones is 1. The molecular formula is C49H50Cl2FN5O6. The number of nitrogens with one attached hydrogen (secondary N) is 4. The van der Waals surface area contributed by atoms with Crippen LogP contribution in [0.3, 0.4) is 0 Å². The van der Waals surface area contributed by atoms with Crippen molar-refractivity contribution in [3.05, 3.63) is 98.3 Å². The first-order valence-electron chi connectivity index (χ1n) is 22.3. The second kappa shape index (κ2) is 17.5. The van der Waals surface area contributed by atoms with E-state index in [2.05, 4.69) is 33.1 Å². The SMILES string of the molecule is O=C1CCC(N2Cc3c(C#CCCCC(=O)NC4CCC(CC(=O)[C@@H]5NC6(CCCCC6)[C@@]6(C(=O)Nc7cc(Cl)ccc76)[C@H]5c5cccc(Cl)c5F)CC4)cccc3C2=O)C(=O)N1. The number of imide groups is 1. The number of amides is 5. The molecule has 1 unspecified atom stereocenters. The average molecular weight is 895 g/mol. The predicted octanol–water partition coefficient (Wildman–Crippen LogP) is 7.40. The molecule has 63 heavy (non-hydrogen) atoms. The maximum absolute atomic E-state index is 16.3. The van der Waals surface area contributed by atoms with Gasteiger partial charge in [-0.25, -0.2) is 4.39 Å². The monoisotopic (exact) mass is 893 g/mol. The van der Waals surface area contributed by atoms with E-state index in [-0.39, 0.29) is 77.8 Å². The minimum atomic E-state index is -1.27. The van der Waals surface area contributed by atoms with Crippen LogP contribution in [-0.2, 0) is 35.9 Å². The van der Waals surface area contributed by atoms with Gasteiger partial charge in [0.05, 0.1) is 11.1 Å². The lowest BCUT2D eigenvalue weighted by Gasteiger charge is -2.47. The number of anilines is 1. The van der Waals surface area contributed by atoms with Gasteiger partial charge in [0.1, 0.15) is 17.3 Å². The van der Waals surface area contributed by atoms with Gasteiger partial charge in [-0.05, 0) is 104 Å². The van der Waals surface area contributed by atoms with Gasteiger partial charge >= 0.3 is 0 Å². The molecule has 2 aliphatic carbocycles. The van der Waals surface area contributed by atoms with E-state index in [0.717, 1.165) is 56.1 Å². The number of hydrogen-bond donors (Lipinski definition) is 4. The zero-order valence-electron chi connectivity index (χ0n) is 34.9. The molecule has 4 fully saturated rings. The van der Waals surface area contributed by atoms with Gasteiger partial charge in [-0.15, -0.1) is 0 Å². The first-order chi connectivity index (χ1) is 30.4. The summed E-state index contributed by atoms with van der Waals surface area (Å²) >= 11 is 12.8. The molecule has 0 radical (unpaired) electrons. The molecule has 2 saturated carbocycles. The number of piperidine rings is 1. The largest absolute Gasteiger partial charge is 0.353 e. The summed E-state index contributed by atoms with van der Waals surface area (Å²) in [6.07, 6.45) is 9.10. The highest BCUT2D eigenvalue weighted by Crippen LogP contribution is 2.63. The lowest BCUT2D eigenvalue weighted by Crippen LogP contribution is -2.60. The van der Waals surface area contributed by atoms with Crippen LogP contribution in [0, 0.1) is 23.6 Å². The van der Waals surface area contributed by atoms with E-state index in [1.807, 2.05) is 12.1 Å². The van der Waals surface area contributed by atoms with Crippen molar-refractivity contribution in [1.82, 2.24) is 20.9 Å². The maximum Gasteiger partial charge on any atom is 0.255 e. The summed E-state index contributed by atoms with van der Waals surface area (Å²) in [5.41, 5.74) is 1.49. The second-order valence-corrected chi connectivity index (χ2v) is 19.0. The van der Waals surface area contributed by atoms with E-state index in [1.165, 1.54) is 11.0 Å². The highest BCUT2D eigenvalue weighted by molar-refractivity contribution is 6.31. The molecule has 2 spiro atoms. The molecule has 4 heterocycles. The Bertz CT molecular complexity index is 2470. The highest BCUT2D eigenvalue weighted by Gasteiger charge is 2.72. The summed E-state index contributed by atoms with van der Waals surface area (Å²) in [6.45, 7) is 0.246. The van der Waals surface area contributed by atoms with Gasteiger partial charge < -0.3 is 15.5 Å². The van der Waals surface area contributed by atoms with E-state index in [0.29, 0.717) is 53.9 Å². The van der Waals surface area contributed by atoms with Crippen LogP contribution in [0.25, 0.3) is 0 Å². The van der Waals surface area contributed by atoms with Crippen molar-refractivity contribution >= 4 is 64.2 Å². The Hall–Kier alpha value is -5.09. The number of Topliss-reactive ketones (excluding diaryl/α,β-unsaturated/α-hetero) is 1. The van der Waals surface area contributed by atoms with Crippen molar-refractivity contribution in [1.29, 1.82) is 0 Å². The molecule has 328 valence electrons. The number of unbranched alkanes of at least 4 members (excludes halogenated alkanes) is 1. The van der Waals surface area contributed by atoms with E-state index >= 15 is 4.39 Å². The second-order valence-electron chi connectivity index (χ2n) is 18.2. The molecule has 2 saturated heterocycles. The fraction of sp³-hybridized carbons (Fsp3) is 0.469. The van der Waals surface area contributed by atoms with Crippen molar-refractivity contribution < 1.29 is 33.2 Å². The topological polar surface area (TPSA) is 154 Å². The molecule has 4 aliphatic heterocycles. The third-order valence-electron chi connectivity index (χ3n) is 14.6. The van der Waals surface area contributed by atoms with E-state index < -0.39 is 40.7 Å². The molecule has 14 heteroatoms. The Labute approximate surface area is 376 Å². The van der Waals surface area contributed by atoms with Crippen molar-refractivity contribution in [2.75, 3.05) is 5.32 Å². The Kier molecular flexibility index (Phi) is 12.0. The number of carbonyl (C=O) groups is 6. The number of fused-ring (bicyclic) bond motifs is 4. The van der Waals surface area contributed by atoms with Crippen LogP contribution < -0.4 is 21.3 Å². The van der Waals surface area contributed by atoms with Gasteiger partial charge in [-0.1, -0.05) is 78.6 Å². The summed E-state index contributed by atoms with van der Waals surface area (Å²) in [5, 5.41) is 12.8. The molecule has 0 bridgehead atoms. The first-order valence-corrected chi connectivity index (χ1v) is 23.1. The molecule has 6 aliphatic rings. The molecule has 3 aromatic rings. The molecule has 5 amide bonds. The van der Waals surface area contributed by atoms with Crippen LogP contribution in [-0.4, -0.2) is 63.9 Å². The summed E-state index contributed by atoms with van der Waals surface area (Å²) in [7, 11) is 0. The first kappa shape index (κ1) is 43.2. The van der Waals surface area contributed by atoms with Gasteiger partial charge in [-0.3, -0.25) is 39.4 Å². The lowest BCUT2D eigenvalue weighted by molar-refractivity contribution is -0.137. The van der Waals surface area contributed by atoms with Gasteiger partial charge in [0, 0.05) is 71.6 Å². The van der Waals surface area contributed by atoms with E-state index in [9.17, 15) is 28.8 Å². The Morgan fingerprint density at radius 3 is 2.48 bits per heavy atom. The third kappa shape index (κ3) is 7.74. The van der Waals surface area contributed by atoms with E-state index in [1.54, 1.807) is 36.4 Å². The Morgan fingerprint density at radius 2 is 1.70 bits per heavy atom. The quantitative estimate of drug-likeness (QED) is 0.0993. The van der Waals surface area contributed by atoms with Crippen molar-refractivity contribution in [2.45, 2.75) is 138 Å². The van der Waals surface area contributed by atoms with E-state index in [4.69, 9.17) is 23.2 Å². The van der Waals surface area contributed by atoms with Crippen LogP contribution in [0.15, 0.2) is 54.6 Å². The normalized spacial score (nSPS) is 27.1. The number of halogens is 3. The molecule has 9 rings (SSSR count). The minimum absolute atomic E-state index is 0.0103. The predicted molar refractivity (Wildman–Crippen MR) is 235 cm³/mol. The standard InChI is InChI=1S/C49H50Cl2FN5O6/c50-30-17-20-35-37(26-30)54-47(63)49(35)42(33-12-8-13-36(51)43(33)52)44(56-48(49)23-5-2-6-24-48)39(58)25-28-15-18-31(19-16-28)53-40(59)14-4-1-3-9-29-10-7-11-32-34(29)27-57(46(32)62)38-21-22-41(60)55-45(38)61/h7-8,10-13,17,20,26,28,31,38,42,44,56H,1-2,4-6,14-16,18-19,21-25,27H2,(H,53,59)(H,54,63)(H,55,60,61)/t28?,31?,38?,42-,44-,49+/m0/s1. The summed E-state index contributed by atoms with van der Waals surface area (Å²) < 4.78 is 16.3. The third-order valence-corrected chi connectivity index (χ3v) is 15.1. The number of rotatable bonds is 9. The number of nitrogens with zero attached hydrogens (tertiary/aromatic N) is 1. The molecular weight excluding hydrogens is 844 g/mol. The minimum Gasteiger partial charge on any atom is -0.353 e. The smallest absolute Gasteiger partial charge is 0.255 e. The summed E-state index contributed by atoms with van der Waals surface area (Å²) in [4.78, 5) is 81.2. The zero-order valence-corrected chi connectivity index (χ0v) is 36.4. The fourth-order valence-electron chi connectivity index (χ4n) is 11.7. The molecule has 0 aromatic heterocycles. The average Bonchev–Trinajstić information content (AvgIpc) is 3.86. The fourth-order valence-corrected chi connectivity index (χ4v) is 12.0. The molecule has 4 N–H and O–H groups in total. The van der Waals surface area contributed by atoms with Gasteiger partial charge in [0.25, 0.3) is 5.91 Å². The summed E-state index contributed by atoms with van der Waals surface area (Å²) in [6, 6.07) is 14.0. The lowest BCUT2D eigenvalue weighted by atomic mass is 9.55. The molecule has 3 aromatic carbocycles. The van der Waals surface area contributed by atoms with Crippen LogP contribution >= 0.6 is 23.2 Å². The zero-order chi connectivity index (χ0) is 44.0. The Balaban J connectivity index is 0.814. The molecule has 11 nitrogen and oxygen atoms in total. The number of carbonyl (C=O) groups excluding carboxylic acids is 6. The Morgan fingerprint density at radius 1 is 0.921 bits per heavy atom. The maximum atomic E-state index is 16.3. The number of hydrogen-bond acceptors (Lipinski definition) is 7. The van der Waals surface area contributed by atoms with Gasteiger partial charge in [-0.2, -0.15) is 0 Å². The van der Waals surface area contributed by atoms with Crippen LogP contribution in [0.1, 0.15) is 135 Å². The van der Waals surface area contributed by atoms with Crippen LogP contribution in [0.4, 0.5) is 10.1 Å². The van der Waals surface area contributed by atoms with Crippen LogP contribution in [0.5, 0.6) is 0 Å². The summed E-state index contributed by atoms with van der Waals surface area (Å²) in [5.74, 6) is 3.52. The van der Waals surface area contributed by atoms with Gasteiger partial charge in [0.2, 0.25) is 23.6 Å². The number of benzene rings is 3. The van der Waals surface area contributed by atoms with Crippen molar-refractivity contribution in [3.8, 4) is 11.8 Å². The highest BCUT2D eigenvalue weighted by atomic mass is 35.5. The molecule has 4 atom stereocenters.